The summed E-state index contributed by atoms with van der Waals surface area (Å²) in [5.41, 5.74) is 0. The van der Waals surface area contributed by atoms with E-state index >= 15 is 0 Å². The van der Waals surface area contributed by atoms with Gasteiger partial charge in [0.25, 0.3) is 5.92 Å². The normalized spacial score (nSPS) is 32.2. The molecule has 2 aliphatic rings. The van der Waals surface area contributed by atoms with Gasteiger partial charge in [-0.3, -0.25) is 0 Å². The molecule has 2 saturated heterocycles. The van der Waals surface area contributed by atoms with Crippen molar-refractivity contribution in [2.75, 3.05) is 26.2 Å². The van der Waals surface area contributed by atoms with E-state index in [4.69, 9.17) is 0 Å². The van der Waals surface area contributed by atoms with E-state index in [2.05, 4.69) is 5.01 Å². The van der Waals surface area contributed by atoms with Gasteiger partial charge in [-0.25, -0.2) is 18.8 Å². The topological polar surface area (TPSA) is 6.25 Å². The second-order valence-electron chi connectivity index (χ2n) is 3.26. The highest BCUT2D eigenvalue weighted by molar-refractivity contribution is 4.80. The maximum Gasteiger partial charge on any atom is 0.250 e. The highest BCUT2D eigenvalue weighted by atomic mass is 19.3. The van der Waals surface area contributed by atoms with Crippen molar-refractivity contribution in [2.24, 2.45) is 0 Å². The molecule has 2 rings (SSSR count). The molecule has 4 heteroatoms. The van der Waals surface area contributed by atoms with Gasteiger partial charge in [-0.15, -0.1) is 0 Å². The Morgan fingerprint density at radius 3 is 1.73 bits per heavy atom. The molecule has 11 heavy (non-hydrogen) atoms. The molecule has 0 amide bonds. The molecule has 0 atom stereocenters. The summed E-state index contributed by atoms with van der Waals surface area (Å²) in [7, 11) is 0. The number of piperidine rings is 1. The summed E-state index contributed by atoms with van der Waals surface area (Å²) in [6, 6.07) is 0. The Kier molecular flexibility index (Phi) is 1.61. The van der Waals surface area contributed by atoms with E-state index in [1.807, 2.05) is 5.01 Å². The van der Waals surface area contributed by atoms with Gasteiger partial charge in [-0.2, -0.15) is 0 Å². The smallest absolute Gasteiger partial charge is 0.241 e. The highest BCUT2D eigenvalue weighted by Gasteiger charge is 2.37. The average Bonchev–Trinajstić information content (AvgIpc) is 2.70. The van der Waals surface area contributed by atoms with Crippen molar-refractivity contribution in [3.05, 3.63) is 0 Å². The lowest BCUT2D eigenvalue weighted by molar-refractivity contribution is -0.0849. The number of halogens is 2. The van der Waals surface area contributed by atoms with Crippen molar-refractivity contribution in [2.45, 2.75) is 18.8 Å². The molecule has 0 aromatic carbocycles. The molecule has 2 fully saturated rings. The summed E-state index contributed by atoms with van der Waals surface area (Å²) in [5, 5.41) is 4.16. The first-order chi connectivity index (χ1) is 5.17. The third-order valence-corrected chi connectivity index (χ3v) is 2.29. The molecule has 0 aromatic heterocycles. The molecular weight excluding hydrogens is 150 g/mol. The largest absolute Gasteiger partial charge is 0.250 e. The minimum Gasteiger partial charge on any atom is -0.241 e. The number of hydrogen-bond acceptors (Lipinski definition) is 2. The minimum atomic E-state index is -2.40. The predicted molar refractivity (Wildman–Crippen MR) is 37.3 cm³/mol. The zero-order valence-electron chi connectivity index (χ0n) is 6.39. The third-order valence-electron chi connectivity index (χ3n) is 2.29. The summed E-state index contributed by atoms with van der Waals surface area (Å²) in [5.74, 6) is -2.40. The quantitative estimate of drug-likeness (QED) is 0.529. The van der Waals surface area contributed by atoms with Gasteiger partial charge < -0.3 is 0 Å². The molecule has 0 aromatic rings. The Morgan fingerprint density at radius 1 is 0.818 bits per heavy atom. The van der Waals surface area contributed by atoms with Crippen LogP contribution in [0.5, 0.6) is 0 Å². The van der Waals surface area contributed by atoms with Crippen LogP contribution in [0.1, 0.15) is 12.8 Å². The van der Waals surface area contributed by atoms with Crippen LogP contribution in [0.15, 0.2) is 0 Å². The van der Waals surface area contributed by atoms with Crippen LogP contribution in [-0.4, -0.2) is 42.1 Å². The fourth-order valence-electron chi connectivity index (χ4n) is 1.43. The monoisotopic (exact) mass is 162 g/mol. The lowest BCUT2D eigenvalue weighted by atomic mass is 10.1. The summed E-state index contributed by atoms with van der Waals surface area (Å²) in [6.07, 6.45) is 0.0625. The van der Waals surface area contributed by atoms with Gasteiger partial charge in [0.1, 0.15) is 0 Å². The van der Waals surface area contributed by atoms with Crippen molar-refractivity contribution >= 4 is 0 Å². The summed E-state index contributed by atoms with van der Waals surface area (Å²) in [4.78, 5) is 0. The number of rotatable bonds is 1. The standard InChI is InChI=1S/C7H12F2N2/c8-7(9)1-3-10(4-2-7)11-5-6-11/h1-6H2. The molecule has 0 N–H and O–H groups in total. The second-order valence-corrected chi connectivity index (χ2v) is 3.26. The van der Waals surface area contributed by atoms with Crippen molar-refractivity contribution in [1.29, 1.82) is 0 Å². The van der Waals surface area contributed by atoms with Crippen molar-refractivity contribution in [3.8, 4) is 0 Å². The Labute approximate surface area is 64.7 Å². The number of nitrogens with zero attached hydrogens (tertiary/aromatic N) is 2. The zero-order chi connectivity index (χ0) is 7.90. The molecule has 2 nitrogen and oxygen atoms in total. The molecule has 0 radical (unpaired) electrons. The van der Waals surface area contributed by atoms with E-state index in [0.29, 0.717) is 13.1 Å². The number of hydrogen-bond donors (Lipinski definition) is 0. The first-order valence-electron chi connectivity index (χ1n) is 4.05. The Morgan fingerprint density at radius 2 is 1.27 bits per heavy atom. The highest BCUT2D eigenvalue weighted by Crippen LogP contribution is 2.29. The van der Waals surface area contributed by atoms with Gasteiger partial charge >= 0.3 is 0 Å². The lowest BCUT2D eigenvalue weighted by Crippen LogP contribution is -2.42. The first kappa shape index (κ1) is 7.43. The van der Waals surface area contributed by atoms with Crippen LogP contribution in [0.25, 0.3) is 0 Å². The molecule has 0 aliphatic carbocycles. The van der Waals surface area contributed by atoms with E-state index in [-0.39, 0.29) is 12.8 Å². The van der Waals surface area contributed by atoms with E-state index < -0.39 is 5.92 Å². The average molecular weight is 162 g/mol. The van der Waals surface area contributed by atoms with Crippen LogP contribution < -0.4 is 0 Å². The Balaban J connectivity index is 1.84. The van der Waals surface area contributed by atoms with E-state index in [1.165, 1.54) is 0 Å². The lowest BCUT2D eigenvalue weighted by Gasteiger charge is -2.31. The van der Waals surface area contributed by atoms with Gasteiger partial charge in [0.15, 0.2) is 0 Å². The van der Waals surface area contributed by atoms with Crippen molar-refractivity contribution in [1.82, 2.24) is 10.0 Å². The molecule has 0 bridgehead atoms. The summed E-state index contributed by atoms with van der Waals surface area (Å²) in [6.45, 7) is 3.19. The van der Waals surface area contributed by atoms with E-state index in [0.717, 1.165) is 13.1 Å². The van der Waals surface area contributed by atoms with Crippen LogP contribution >= 0.6 is 0 Å². The molecule has 2 aliphatic heterocycles. The first-order valence-corrected chi connectivity index (χ1v) is 4.05. The molecule has 0 unspecified atom stereocenters. The van der Waals surface area contributed by atoms with Gasteiger partial charge in [0.2, 0.25) is 0 Å². The fraction of sp³-hybridized carbons (Fsp3) is 1.00. The van der Waals surface area contributed by atoms with Gasteiger partial charge in [-0.1, -0.05) is 0 Å². The van der Waals surface area contributed by atoms with Gasteiger partial charge in [0.05, 0.1) is 0 Å². The molecule has 64 valence electrons. The zero-order valence-corrected chi connectivity index (χ0v) is 6.39. The SMILES string of the molecule is FC1(F)CCN(N2CC2)CC1. The van der Waals surface area contributed by atoms with Crippen LogP contribution in [-0.2, 0) is 0 Å². The molecule has 0 spiro atoms. The fourth-order valence-corrected chi connectivity index (χ4v) is 1.43. The van der Waals surface area contributed by atoms with Crippen LogP contribution in [0, 0.1) is 0 Å². The maximum absolute atomic E-state index is 12.6. The van der Waals surface area contributed by atoms with Crippen molar-refractivity contribution < 1.29 is 8.78 Å². The van der Waals surface area contributed by atoms with Crippen LogP contribution in [0.4, 0.5) is 8.78 Å². The second kappa shape index (κ2) is 2.38. The number of hydrazine groups is 1. The molecular formula is C7H12F2N2. The van der Waals surface area contributed by atoms with Crippen molar-refractivity contribution in [3.63, 3.8) is 0 Å². The Bertz CT molecular complexity index is 147. The molecule has 2 heterocycles. The van der Waals surface area contributed by atoms with E-state index in [9.17, 15) is 8.78 Å². The summed E-state index contributed by atoms with van der Waals surface area (Å²) < 4.78 is 25.2. The van der Waals surface area contributed by atoms with Gasteiger partial charge in [-0.05, 0) is 0 Å². The minimum absolute atomic E-state index is 0.0312. The predicted octanol–water partition coefficient (Wildman–Crippen LogP) is 0.948. The maximum atomic E-state index is 12.6. The van der Waals surface area contributed by atoms with Crippen LogP contribution in [0.2, 0.25) is 0 Å². The van der Waals surface area contributed by atoms with E-state index in [1.54, 1.807) is 0 Å². The summed E-state index contributed by atoms with van der Waals surface area (Å²) >= 11 is 0. The van der Waals surface area contributed by atoms with Gasteiger partial charge in [0, 0.05) is 39.0 Å². The Hall–Kier alpha value is -0.220. The third kappa shape index (κ3) is 1.68. The van der Waals surface area contributed by atoms with Crippen LogP contribution in [0.3, 0.4) is 0 Å². The molecule has 0 saturated carbocycles. The number of alkyl halides is 2.